The predicted octanol–water partition coefficient (Wildman–Crippen LogP) is 1.40. The van der Waals surface area contributed by atoms with Crippen LogP contribution in [0.15, 0.2) is 30.3 Å². The van der Waals surface area contributed by atoms with Crippen LogP contribution in [-0.4, -0.2) is 43.0 Å². The minimum atomic E-state index is -0.472. The Kier molecular flexibility index (Phi) is 7.26. The first-order valence-electron chi connectivity index (χ1n) is 7.28. The third-order valence-corrected chi connectivity index (χ3v) is 3.50. The first-order chi connectivity index (χ1) is 9.50. The van der Waals surface area contributed by atoms with E-state index in [4.69, 9.17) is 5.73 Å². The molecule has 0 fully saturated rings. The molecule has 0 aromatic heterocycles. The topological polar surface area (TPSA) is 58.4 Å². The normalized spacial score (nSPS) is 12.7. The van der Waals surface area contributed by atoms with Crippen molar-refractivity contribution in [1.29, 1.82) is 0 Å². The van der Waals surface area contributed by atoms with Crippen LogP contribution in [0.1, 0.15) is 25.8 Å². The molecule has 4 nitrogen and oxygen atoms in total. The minimum absolute atomic E-state index is 0.0685. The number of nitrogens with one attached hydrogen (secondary N) is 1. The summed E-state index contributed by atoms with van der Waals surface area (Å²) >= 11 is 0. The molecule has 0 heterocycles. The van der Waals surface area contributed by atoms with E-state index in [1.54, 1.807) is 0 Å². The van der Waals surface area contributed by atoms with Crippen molar-refractivity contribution in [3.05, 3.63) is 35.9 Å². The maximum atomic E-state index is 11.9. The van der Waals surface area contributed by atoms with Crippen LogP contribution >= 0.6 is 0 Å². The zero-order chi connectivity index (χ0) is 15.0. The summed E-state index contributed by atoms with van der Waals surface area (Å²) < 4.78 is 0. The van der Waals surface area contributed by atoms with Gasteiger partial charge in [0, 0.05) is 12.6 Å². The number of nitrogens with two attached hydrogens (primary N) is 1. The molecular formula is C16H27N3O. The zero-order valence-electron chi connectivity index (χ0n) is 12.8. The molecule has 0 aliphatic rings. The summed E-state index contributed by atoms with van der Waals surface area (Å²) in [6.07, 6.45) is 1.52. The van der Waals surface area contributed by atoms with Crippen molar-refractivity contribution in [3.8, 4) is 0 Å². The average molecular weight is 277 g/mol. The number of rotatable bonds is 8. The zero-order valence-corrected chi connectivity index (χ0v) is 12.8. The van der Waals surface area contributed by atoms with Crippen molar-refractivity contribution in [2.45, 2.75) is 38.8 Å². The molecule has 1 atom stereocenters. The van der Waals surface area contributed by atoms with Gasteiger partial charge in [-0.3, -0.25) is 4.79 Å². The van der Waals surface area contributed by atoms with Gasteiger partial charge in [0.05, 0.1) is 6.04 Å². The largest absolute Gasteiger partial charge is 0.355 e. The van der Waals surface area contributed by atoms with Crippen LogP contribution in [0.2, 0.25) is 0 Å². The Morgan fingerprint density at radius 3 is 2.55 bits per heavy atom. The number of benzene rings is 1. The summed E-state index contributed by atoms with van der Waals surface area (Å²) in [6.45, 7) is 5.98. The average Bonchev–Trinajstić information content (AvgIpc) is 2.43. The maximum absolute atomic E-state index is 11.9. The van der Waals surface area contributed by atoms with Gasteiger partial charge < -0.3 is 16.0 Å². The highest BCUT2D eigenvalue weighted by Gasteiger charge is 2.13. The van der Waals surface area contributed by atoms with Crippen molar-refractivity contribution >= 4 is 5.91 Å². The second-order valence-corrected chi connectivity index (χ2v) is 5.52. The first-order valence-corrected chi connectivity index (χ1v) is 7.28. The molecule has 20 heavy (non-hydrogen) atoms. The van der Waals surface area contributed by atoms with Crippen LogP contribution in [0.5, 0.6) is 0 Å². The summed E-state index contributed by atoms with van der Waals surface area (Å²) in [6, 6.07) is 9.92. The van der Waals surface area contributed by atoms with E-state index in [0.717, 1.165) is 18.5 Å². The molecule has 0 bridgehead atoms. The number of carbonyl (C=O) groups excluding carboxylic acids is 1. The number of hydrogen-bond donors (Lipinski definition) is 2. The Balaban J connectivity index is 2.22. The Morgan fingerprint density at radius 1 is 1.30 bits per heavy atom. The lowest BCUT2D eigenvalue weighted by Crippen LogP contribution is -2.43. The molecule has 1 aromatic carbocycles. The molecule has 1 amide bonds. The van der Waals surface area contributed by atoms with E-state index in [2.05, 4.69) is 31.1 Å². The Hall–Kier alpha value is -1.39. The molecule has 3 N–H and O–H groups in total. The second-order valence-electron chi connectivity index (χ2n) is 5.52. The van der Waals surface area contributed by atoms with Crippen LogP contribution in [0, 0.1) is 0 Å². The van der Waals surface area contributed by atoms with E-state index in [1.807, 2.05) is 30.3 Å². The molecular weight excluding hydrogens is 250 g/mol. The lowest BCUT2D eigenvalue weighted by Gasteiger charge is -2.21. The van der Waals surface area contributed by atoms with Gasteiger partial charge in [-0.25, -0.2) is 0 Å². The fourth-order valence-corrected chi connectivity index (χ4v) is 1.89. The summed E-state index contributed by atoms with van der Waals surface area (Å²) in [5.41, 5.74) is 7.01. The molecule has 0 aliphatic heterocycles. The highest BCUT2D eigenvalue weighted by atomic mass is 16.2. The number of nitrogens with zero attached hydrogens (tertiary/aromatic N) is 1. The van der Waals surface area contributed by atoms with E-state index >= 15 is 0 Å². The Bertz CT molecular complexity index is 392. The summed E-state index contributed by atoms with van der Waals surface area (Å²) in [5, 5.41) is 2.91. The predicted molar refractivity (Wildman–Crippen MR) is 83.5 cm³/mol. The quantitative estimate of drug-likeness (QED) is 0.706. The third kappa shape index (κ3) is 6.17. The summed E-state index contributed by atoms with van der Waals surface area (Å²) in [5.74, 6) is -0.0685. The lowest BCUT2D eigenvalue weighted by atomic mass is 10.1. The van der Waals surface area contributed by atoms with Crippen LogP contribution in [0.3, 0.4) is 0 Å². The SMILES string of the molecule is CC(C)N(C)CCCNC(=O)[C@@H](N)Cc1ccccc1. The fraction of sp³-hybridized carbons (Fsp3) is 0.562. The van der Waals surface area contributed by atoms with Gasteiger partial charge >= 0.3 is 0 Å². The smallest absolute Gasteiger partial charge is 0.237 e. The maximum Gasteiger partial charge on any atom is 0.237 e. The molecule has 0 spiro atoms. The summed E-state index contributed by atoms with van der Waals surface area (Å²) in [7, 11) is 2.09. The second kappa shape index (κ2) is 8.72. The molecule has 1 aromatic rings. The van der Waals surface area contributed by atoms with Crippen molar-refractivity contribution in [1.82, 2.24) is 10.2 Å². The van der Waals surface area contributed by atoms with Crippen LogP contribution < -0.4 is 11.1 Å². The lowest BCUT2D eigenvalue weighted by molar-refractivity contribution is -0.122. The van der Waals surface area contributed by atoms with Crippen LogP contribution in [0.25, 0.3) is 0 Å². The Morgan fingerprint density at radius 2 is 1.95 bits per heavy atom. The highest BCUT2D eigenvalue weighted by molar-refractivity contribution is 5.81. The van der Waals surface area contributed by atoms with E-state index in [9.17, 15) is 4.79 Å². The molecule has 0 saturated heterocycles. The van der Waals surface area contributed by atoms with Gasteiger partial charge in [0.2, 0.25) is 5.91 Å². The van der Waals surface area contributed by atoms with Crippen LogP contribution in [0.4, 0.5) is 0 Å². The molecule has 0 radical (unpaired) electrons. The minimum Gasteiger partial charge on any atom is -0.355 e. The van der Waals surface area contributed by atoms with Gasteiger partial charge in [-0.15, -0.1) is 0 Å². The molecule has 0 aliphatic carbocycles. The highest BCUT2D eigenvalue weighted by Crippen LogP contribution is 2.02. The van der Waals surface area contributed by atoms with Gasteiger partial charge in [-0.2, -0.15) is 0 Å². The van der Waals surface area contributed by atoms with Crippen molar-refractivity contribution in [2.75, 3.05) is 20.1 Å². The number of amides is 1. The van der Waals surface area contributed by atoms with Crippen molar-refractivity contribution in [3.63, 3.8) is 0 Å². The van der Waals surface area contributed by atoms with Gasteiger partial charge in [0.25, 0.3) is 0 Å². The number of carbonyl (C=O) groups is 1. The van der Waals surface area contributed by atoms with Crippen molar-refractivity contribution in [2.24, 2.45) is 5.73 Å². The van der Waals surface area contributed by atoms with Gasteiger partial charge in [0.1, 0.15) is 0 Å². The Labute approximate surface area is 122 Å². The molecule has 0 saturated carbocycles. The van der Waals surface area contributed by atoms with Gasteiger partial charge in [0.15, 0.2) is 0 Å². The standard InChI is InChI=1S/C16H27N3O/c1-13(2)19(3)11-7-10-18-16(20)15(17)12-14-8-5-4-6-9-14/h4-6,8-9,13,15H,7,10-12,17H2,1-3H3,(H,18,20)/t15-/m0/s1. The molecule has 1 rings (SSSR count). The monoisotopic (exact) mass is 277 g/mol. The first kappa shape index (κ1) is 16.7. The van der Waals surface area contributed by atoms with E-state index in [-0.39, 0.29) is 5.91 Å². The molecule has 112 valence electrons. The van der Waals surface area contributed by atoms with Gasteiger partial charge in [-0.1, -0.05) is 30.3 Å². The number of hydrogen-bond acceptors (Lipinski definition) is 3. The molecule has 0 unspecified atom stereocenters. The molecule has 4 heteroatoms. The summed E-state index contributed by atoms with van der Waals surface area (Å²) in [4.78, 5) is 14.1. The van der Waals surface area contributed by atoms with E-state index < -0.39 is 6.04 Å². The van der Waals surface area contributed by atoms with Gasteiger partial charge in [-0.05, 0) is 45.8 Å². The van der Waals surface area contributed by atoms with Crippen molar-refractivity contribution < 1.29 is 4.79 Å². The van der Waals surface area contributed by atoms with E-state index in [1.165, 1.54) is 0 Å². The van der Waals surface area contributed by atoms with E-state index in [0.29, 0.717) is 19.0 Å². The van der Waals surface area contributed by atoms with Crippen LogP contribution in [-0.2, 0) is 11.2 Å². The fourth-order valence-electron chi connectivity index (χ4n) is 1.89. The third-order valence-electron chi connectivity index (χ3n) is 3.50.